The molecule has 0 aliphatic carbocycles. The van der Waals surface area contributed by atoms with Crippen molar-refractivity contribution in [3.8, 4) is 5.75 Å². The van der Waals surface area contributed by atoms with Gasteiger partial charge in [0.25, 0.3) is 5.91 Å². The van der Waals surface area contributed by atoms with Crippen LogP contribution in [0.25, 0.3) is 0 Å². The number of para-hydroxylation sites is 1. The number of nitrogens with one attached hydrogen (secondary N) is 2. The minimum Gasteiger partial charge on any atom is -0.484 e. The number of rotatable bonds is 6. The van der Waals surface area contributed by atoms with Gasteiger partial charge in [-0.05, 0) is 19.2 Å². The summed E-state index contributed by atoms with van der Waals surface area (Å²) in [5.74, 6) is 0.607. The van der Waals surface area contributed by atoms with Gasteiger partial charge in [0.2, 0.25) is 0 Å². The van der Waals surface area contributed by atoms with Crippen LogP contribution in [-0.4, -0.2) is 32.7 Å². The van der Waals surface area contributed by atoms with Crippen molar-refractivity contribution in [1.29, 1.82) is 0 Å². The molecule has 0 fully saturated rings. The highest BCUT2D eigenvalue weighted by molar-refractivity contribution is 5.77. The second-order valence-electron chi connectivity index (χ2n) is 3.06. The molecule has 0 aliphatic heterocycles. The van der Waals surface area contributed by atoms with E-state index in [0.29, 0.717) is 12.3 Å². The van der Waals surface area contributed by atoms with Crippen LogP contribution < -0.4 is 15.4 Å². The molecule has 15 heavy (non-hydrogen) atoms. The maximum atomic E-state index is 11.2. The van der Waals surface area contributed by atoms with Gasteiger partial charge in [-0.3, -0.25) is 4.79 Å². The largest absolute Gasteiger partial charge is 0.484 e. The Morgan fingerprint density at radius 3 is 2.67 bits per heavy atom. The molecule has 0 spiro atoms. The van der Waals surface area contributed by atoms with Crippen molar-refractivity contribution in [1.82, 2.24) is 10.6 Å². The predicted octanol–water partition coefficient (Wildman–Crippen LogP) is 0.401. The first kappa shape index (κ1) is 11.5. The zero-order valence-electron chi connectivity index (χ0n) is 8.82. The first-order valence-corrected chi connectivity index (χ1v) is 4.92. The van der Waals surface area contributed by atoms with E-state index in [4.69, 9.17) is 4.74 Å². The summed E-state index contributed by atoms with van der Waals surface area (Å²) in [5.41, 5.74) is 0. The summed E-state index contributed by atoms with van der Waals surface area (Å²) >= 11 is 0. The summed E-state index contributed by atoms with van der Waals surface area (Å²) < 4.78 is 5.27. The Balaban J connectivity index is 2.17. The molecule has 82 valence electrons. The Morgan fingerprint density at radius 1 is 1.27 bits per heavy atom. The molecule has 0 atom stereocenters. The highest BCUT2D eigenvalue weighted by Crippen LogP contribution is 2.07. The van der Waals surface area contributed by atoms with Crippen molar-refractivity contribution in [3.63, 3.8) is 0 Å². The van der Waals surface area contributed by atoms with Gasteiger partial charge in [-0.1, -0.05) is 18.2 Å². The summed E-state index contributed by atoms with van der Waals surface area (Å²) in [6.45, 7) is 1.44. The third-order valence-electron chi connectivity index (χ3n) is 1.81. The van der Waals surface area contributed by atoms with E-state index in [1.165, 1.54) is 0 Å². The Labute approximate surface area is 89.6 Å². The lowest BCUT2D eigenvalue weighted by molar-refractivity contribution is -0.123. The van der Waals surface area contributed by atoms with E-state index in [-0.39, 0.29) is 12.5 Å². The lowest BCUT2D eigenvalue weighted by Crippen LogP contribution is -2.33. The van der Waals surface area contributed by atoms with E-state index < -0.39 is 0 Å². The van der Waals surface area contributed by atoms with Gasteiger partial charge in [-0.2, -0.15) is 0 Å². The SMILES string of the molecule is CNCCNC(=O)COc1ccccc1. The lowest BCUT2D eigenvalue weighted by atomic mass is 10.3. The van der Waals surface area contributed by atoms with Crippen LogP contribution in [0.5, 0.6) is 5.75 Å². The maximum Gasteiger partial charge on any atom is 0.257 e. The number of ether oxygens (including phenoxy) is 1. The van der Waals surface area contributed by atoms with Crippen LogP contribution >= 0.6 is 0 Å². The fourth-order valence-electron chi connectivity index (χ4n) is 1.04. The molecule has 2 N–H and O–H groups in total. The molecule has 0 heterocycles. The second kappa shape index (κ2) is 6.84. The monoisotopic (exact) mass is 208 g/mol. The lowest BCUT2D eigenvalue weighted by Gasteiger charge is -2.06. The summed E-state index contributed by atoms with van der Waals surface area (Å²) in [7, 11) is 1.84. The molecular formula is C11H16N2O2. The van der Waals surface area contributed by atoms with Crippen LogP contribution in [0.2, 0.25) is 0 Å². The van der Waals surface area contributed by atoms with Crippen LogP contribution in [0.15, 0.2) is 30.3 Å². The quantitative estimate of drug-likeness (QED) is 0.665. The number of hydrogen-bond donors (Lipinski definition) is 2. The zero-order chi connectivity index (χ0) is 10.9. The van der Waals surface area contributed by atoms with Crippen molar-refractivity contribution in [2.24, 2.45) is 0 Å². The Hall–Kier alpha value is -1.55. The van der Waals surface area contributed by atoms with E-state index in [0.717, 1.165) is 6.54 Å². The molecule has 0 aromatic heterocycles. The van der Waals surface area contributed by atoms with Crippen LogP contribution in [0.4, 0.5) is 0 Å². The fourth-order valence-corrected chi connectivity index (χ4v) is 1.04. The van der Waals surface area contributed by atoms with Gasteiger partial charge >= 0.3 is 0 Å². The van der Waals surface area contributed by atoms with Crippen LogP contribution in [-0.2, 0) is 4.79 Å². The van der Waals surface area contributed by atoms with Crippen LogP contribution in [0, 0.1) is 0 Å². The highest BCUT2D eigenvalue weighted by atomic mass is 16.5. The number of carbonyl (C=O) groups excluding carboxylic acids is 1. The van der Waals surface area contributed by atoms with Crippen LogP contribution in [0.1, 0.15) is 0 Å². The number of benzene rings is 1. The van der Waals surface area contributed by atoms with E-state index in [2.05, 4.69) is 10.6 Å². The number of likely N-dealkylation sites (N-methyl/N-ethyl adjacent to an activating group) is 1. The van der Waals surface area contributed by atoms with Gasteiger partial charge in [0.1, 0.15) is 5.75 Å². The molecular weight excluding hydrogens is 192 g/mol. The zero-order valence-corrected chi connectivity index (χ0v) is 8.82. The standard InChI is InChI=1S/C11H16N2O2/c1-12-7-8-13-11(14)9-15-10-5-3-2-4-6-10/h2-6,12H,7-9H2,1H3,(H,13,14). The molecule has 0 aliphatic rings. The fraction of sp³-hybridized carbons (Fsp3) is 0.364. The molecule has 1 aromatic rings. The Bertz CT molecular complexity index is 288. The molecule has 4 nitrogen and oxygen atoms in total. The van der Waals surface area contributed by atoms with Crippen molar-refractivity contribution in [2.45, 2.75) is 0 Å². The van der Waals surface area contributed by atoms with E-state index in [1.54, 1.807) is 0 Å². The summed E-state index contributed by atoms with van der Waals surface area (Å²) in [4.78, 5) is 11.2. The summed E-state index contributed by atoms with van der Waals surface area (Å²) in [5, 5.41) is 5.67. The van der Waals surface area contributed by atoms with Gasteiger partial charge in [0, 0.05) is 13.1 Å². The average Bonchev–Trinajstić information content (AvgIpc) is 2.28. The van der Waals surface area contributed by atoms with Gasteiger partial charge in [0.15, 0.2) is 6.61 Å². The topological polar surface area (TPSA) is 50.4 Å². The van der Waals surface area contributed by atoms with Crippen LogP contribution in [0.3, 0.4) is 0 Å². The molecule has 1 aromatic carbocycles. The third-order valence-corrected chi connectivity index (χ3v) is 1.81. The third kappa shape index (κ3) is 5.02. The minimum absolute atomic E-state index is 0.0632. The number of hydrogen-bond acceptors (Lipinski definition) is 3. The molecule has 4 heteroatoms. The maximum absolute atomic E-state index is 11.2. The van der Waals surface area contributed by atoms with Crippen molar-refractivity contribution < 1.29 is 9.53 Å². The second-order valence-corrected chi connectivity index (χ2v) is 3.06. The van der Waals surface area contributed by atoms with Crippen molar-refractivity contribution in [2.75, 3.05) is 26.7 Å². The molecule has 0 radical (unpaired) electrons. The minimum atomic E-state index is -0.103. The molecule has 0 unspecified atom stereocenters. The highest BCUT2D eigenvalue weighted by Gasteiger charge is 2.00. The molecule has 0 saturated carbocycles. The van der Waals surface area contributed by atoms with Gasteiger partial charge in [-0.25, -0.2) is 0 Å². The molecule has 0 bridgehead atoms. The van der Waals surface area contributed by atoms with Gasteiger partial charge < -0.3 is 15.4 Å². The number of amides is 1. The Kier molecular flexibility index (Phi) is 5.25. The van der Waals surface area contributed by atoms with E-state index in [1.807, 2.05) is 37.4 Å². The smallest absolute Gasteiger partial charge is 0.257 e. The average molecular weight is 208 g/mol. The van der Waals surface area contributed by atoms with Gasteiger partial charge in [-0.15, -0.1) is 0 Å². The van der Waals surface area contributed by atoms with Gasteiger partial charge in [0.05, 0.1) is 0 Å². The Morgan fingerprint density at radius 2 is 2.00 bits per heavy atom. The van der Waals surface area contributed by atoms with E-state index in [9.17, 15) is 4.79 Å². The number of carbonyl (C=O) groups is 1. The first-order chi connectivity index (χ1) is 7.33. The molecule has 1 amide bonds. The predicted molar refractivity (Wildman–Crippen MR) is 58.9 cm³/mol. The van der Waals surface area contributed by atoms with Crippen molar-refractivity contribution in [3.05, 3.63) is 30.3 Å². The summed E-state index contributed by atoms with van der Waals surface area (Å²) in [6.07, 6.45) is 0. The van der Waals surface area contributed by atoms with E-state index >= 15 is 0 Å². The summed E-state index contributed by atoms with van der Waals surface area (Å²) in [6, 6.07) is 9.28. The molecule has 0 saturated heterocycles. The molecule has 1 rings (SSSR count). The normalized spacial score (nSPS) is 9.67. The van der Waals surface area contributed by atoms with Crippen molar-refractivity contribution >= 4 is 5.91 Å². The first-order valence-electron chi connectivity index (χ1n) is 4.92.